The minimum Gasteiger partial charge on any atom is -0.397 e. The van der Waals surface area contributed by atoms with E-state index in [2.05, 4.69) is 0 Å². The number of anilines is 1. The number of aliphatic hydroxyl groups excluding tert-OH is 1. The molecule has 0 bridgehead atoms. The molecule has 0 aliphatic carbocycles. The Morgan fingerprint density at radius 2 is 2.14 bits per heavy atom. The van der Waals surface area contributed by atoms with Gasteiger partial charge >= 0.3 is 0 Å². The Kier molecular flexibility index (Phi) is 4.20. The molecule has 0 amide bonds. The predicted octanol–water partition coefficient (Wildman–Crippen LogP) is 1.69. The van der Waals surface area contributed by atoms with Gasteiger partial charge in [-0.25, -0.2) is 0 Å². The Bertz CT molecular complexity index is 304. The van der Waals surface area contributed by atoms with Crippen LogP contribution in [0.25, 0.3) is 0 Å². The number of aliphatic hydroxyl groups is 1. The van der Waals surface area contributed by atoms with E-state index in [0.29, 0.717) is 29.2 Å². The van der Waals surface area contributed by atoms with Gasteiger partial charge in [-0.1, -0.05) is 23.7 Å². The van der Waals surface area contributed by atoms with Crippen molar-refractivity contribution in [3.05, 3.63) is 28.8 Å². The Balaban J connectivity index is 2.79. The summed E-state index contributed by atoms with van der Waals surface area (Å²) in [7, 11) is 0. The van der Waals surface area contributed by atoms with E-state index in [-0.39, 0.29) is 0 Å². The number of hydrogen-bond acceptors (Lipinski definition) is 3. The van der Waals surface area contributed by atoms with Gasteiger partial charge < -0.3 is 16.6 Å². The summed E-state index contributed by atoms with van der Waals surface area (Å²) < 4.78 is 0. The minimum absolute atomic E-state index is 0.457. The van der Waals surface area contributed by atoms with E-state index in [1.807, 2.05) is 0 Å². The minimum atomic E-state index is -0.572. The molecule has 0 saturated carbocycles. The van der Waals surface area contributed by atoms with Crippen molar-refractivity contribution in [1.82, 2.24) is 0 Å². The van der Waals surface area contributed by atoms with Crippen LogP contribution in [0, 0.1) is 0 Å². The summed E-state index contributed by atoms with van der Waals surface area (Å²) in [5.41, 5.74) is 12.2. The summed E-state index contributed by atoms with van der Waals surface area (Å²) in [5, 5.41) is 10.2. The molecule has 14 heavy (non-hydrogen) atoms. The monoisotopic (exact) mass is 214 g/mol. The van der Waals surface area contributed by atoms with Crippen LogP contribution in [0.2, 0.25) is 5.02 Å². The van der Waals surface area contributed by atoms with Crippen molar-refractivity contribution >= 4 is 17.3 Å². The normalized spacial score (nSPS) is 12.8. The number of hydrogen-bond donors (Lipinski definition) is 3. The van der Waals surface area contributed by atoms with Crippen LogP contribution < -0.4 is 11.5 Å². The molecule has 0 saturated heterocycles. The first-order valence-electron chi connectivity index (χ1n) is 4.59. The van der Waals surface area contributed by atoms with E-state index in [9.17, 15) is 5.11 Å². The third-order valence-electron chi connectivity index (χ3n) is 2.13. The van der Waals surface area contributed by atoms with Crippen molar-refractivity contribution in [3.63, 3.8) is 0 Å². The molecular formula is C10H15ClN2O. The zero-order valence-electron chi connectivity index (χ0n) is 7.91. The van der Waals surface area contributed by atoms with Crippen molar-refractivity contribution in [2.45, 2.75) is 18.9 Å². The summed E-state index contributed by atoms with van der Waals surface area (Å²) in [6, 6.07) is 5.26. The molecule has 1 aromatic carbocycles. The first-order chi connectivity index (χ1) is 6.66. The third-order valence-corrected chi connectivity index (χ3v) is 2.46. The largest absolute Gasteiger partial charge is 0.397 e. The molecule has 0 spiro atoms. The zero-order chi connectivity index (χ0) is 10.6. The van der Waals surface area contributed by atoms with Crippen molar-refractivity contribution in [3.8, 4) is 0 Å². The van der Waals surface area contributed by atoms with Gasteiger partial charge in [0, 0.05) is 5.56 Å². The standard InChI is InChI=1S/C10H15ClN2O/c11-8-4-1-3-7(10(8)13)9(14)5-2-6-12/h1,3-4,9,14H,2,5-6,12-13H2. The van der Waals surface area contributed by atoms with E-state index in [4.69, 9.17) is 23.1 Å². The SMILES string of the molecule is NCCCC(O)c1cccc(Cl)c1N. The number of benzene rings is 1. The molecule has 0 heterocycles. The molecular weight excluding hydrogens is 200 g/mol. The Morgan fingerprint density at radius 1 is 1.43 bits per heavy atom. The van der Waals surface area contributed by atoms with Crippen LogP contribution in [-0.2, 0) is 0 Å². The van der Waals surface area contributed by atoms with Gasteiger partial charge in [0.15, 0.2) is 0 Å². The van der Waals surface area contributed by atoms with Gasteiger partial charge in [0.1, 0.15) is 0 Å². The maximum Gasteiger partial charge on any atom is 0.0811 e. The first kappa shape index (κ1) is 11.3. The topological polar surface area (TPSA) is 72.3 Å². The highest BCUT2D eigenvalue weighted by atomic mass is 35.5. The molecule has 0 fully saturated rings. The second-order valence-corrected chi connectivity index (χ2v) is 3.60. The van der Waals surface area contributed by atoms with Crippen molar-refractivity contribution in [1.29, 1.82) is 0 Å². The van der Waals surface area contributed by atoms with Gasteiger partial charge in [-0.05, 0) is 25.5 Å². The van der Waals surface area contributed by atoms with Gasteiger partial charge in [-0.15, -0.1) is 0 Å². The van der Waals surface area contributed by atoms with Gasteiger partial charge in [0.2, 0.25) is 0 Å². The van der Waals surface area contributed by atoms with Crippen LogP contribution in [0.5, 0.6) is 0 Å². The maximum atomic E-state index is 9.76. The highest BCUT2D eigenvalue weighted by molar-refractivity contribution is 6.33. The lowest BCUT2D eigenvalue weighted by Gasteiger charge is -2.13. The number of nitrogens with two attached hydrogens (primary N) is 2. The number of nitrogen functional groups attached to an aromatic ring is 1. The number of rotatable bonds is 4. The molecule has 4 heteroatoms. The van der Waals surface area contributed by atoms with Crippen molar-refractivity contribution < 1.29 is 5.11 Å². The third kappa shape index (κ3) is 2.61. The van der Waals surface area contributed by atoms with Crippen molar-refractivity contribution in [2.24, 2.45) is 5.73 Å². The van der Waals surface area contributed by atoms with Crippen LogP contribution >= 0.6 is 11.6 Å². The lowest BCUT2D eigenvalue weighted by atomic mass is 10.0. The van der Waals surface area contributed by atoms with Gasteiger partial charge in [-0.3, -0.25) is 0 Å². The molecule has 0 aliphatic rings. The highest BCUT2D eigenvalue weighted by Gasteiger charge is 2.11. The fraction of sp³-hybridized carbons (Fsp3) is 0.400. The van der Waals surface area contributed by atoms with E-state index in [1.54, 1.807) is 18.2 Å². The number of halogens is 1. The van der Waals surface area contributed by atoms with Gasteiger partial charge in [-0.2, -0.15) is 0 Å². The van der Waals surface area contributed by atoms with Gasteiger partial charge in [0.05, 0.1) is 16.8 Å². The number of para-hydroxylation sites is 1. The predicted molar refractivity (Wildman–Crippen MR) is 59.1 cm³/mol. The molecule has 1 aromatic rings. The maximum absolute atomic E-state index is 9.76. The summed E-state index contributed by atoms with van der Waals surface area (Å²) >= 11 is 5.83. The molecule has 0 aliphatic heterocycles. The average molecular weight is 215 g/mol. The second-order valence-electron chi connectivity index (χ2n) is 3.19. The van der Waals surface area contributed by atoms with Crippen LogP contribution in [0.1, 0.15) is 24.5 Å². The lowest BCUT2D eigenvalue weighted by Crippen LogP contribution is -2.06. The summed E-state index contributed by atoms with van der Waals surface area (Å²) in [5.74, 6) is 0. The quantitative estimate of drug-likeness (QED) is 0.668. The average Bonchev–Trinajstić information content (AvgIpc) is 2.18. The molecule has 0 radical (unpaired) electrons. The molecule has 5 N–H and O–H groups in total. The molecule has 1 unspecified atom stereocenters. The fourth-order valence-electron chi connectivity index (χ4n) is 1.31. The van der Waals surface area contributed by atoms with E-state index in [0.717, 1.165) is 6.42 Å². The molecule has 78 valence electrons. The Labute approximate surface area is 88.7 Å². The van der Waals surface area contributed by atoms with Crippen LogP contribution in [0.3, 0.4) is 0 Å². The Hall–Kier alpha value is -0.770. The summed E-state index contributed by atoms with van der Waals surface area (Å²) in [6.45, 7) is 0.567. The van der Waals surface area contributed by atoms with Gasteiger partial charge in [0.25, 0.3) is 0 Å². The van der Waals surface area contributed by atoms with E-state index in [1.165, 1.54) is 0 Å². The summed E-state index contributed by atoms with van der Waals surface area (Å²) in [6.07, 6.45) is 0.811. The zero-order valence-corrected chi connectivity index (χ0v) is 8.67. The molecule has 1 atom stereocenters. The lowest BCUT2D eigenvalue weighted by molar-refractivity contribution is 0.166. The Morgan fingerprint density at radius 3 is 2.79 bits per heavy atom. The van der Waals surface area contributed by atoms with Crippen molar-refractivity contribution in [2.75, 3.05) is 12.3 Å². The summed E-state index contributed by atoms with van der Waals surface area (Å²) in [4.78, 5) is 0. The highest BCUT2D eigenvalue weighted by Crippen LogP contribution is 2.29. The smallest absolute Gasteiger partial charge is 0.0811 e. The second kappa shape index (κ2) is 5.20. The van der Waals surface area contributed by atoms with Crippen LogP contribution in [-0.4, -0.2) is 11.7 Å². The molecule has 1 rings (SSSR count). The van der Waals surface area contributed by atoms with E-state index < -0.39 is 6.10 Å². The van der Waals surface area contributed by atoms with Crippen LogP contribution in [0.15, 0.2) is 18.2 Å². The first-order valence-corrected chi connectivity index (χ1v) is 4.96. The molecule has 3 nitrogen and oxygen atoms in total. The fourth-order valence-corrected chi connectivity index (χ4v) is 1.49. The van der Waals surface area contributed by atoms with E-state index >= 15 is 0 Å². The van der Waals surface area contributed by atoms with Crippen LogP contribution in [0.4, 0.5) is 5.69 Å². The molecule has 0 aromatic heterocycles.